The molecule has 4 rings (SSSR count). The lowest BCUT2D eigenvalue weighted by atomic mass is 10.1. The van der Waals surface area contributed by atoms with Crippen molar-refractivity contribution in [1.29, 1.82) is 0 Å². The first kappa shape index (κ1) is 17.9. The van der Waals surface area contributed by atoms with Crippen LogP contribution in [0.4, 0.5) is 17.3 Å². The summed E-state index contributed by atoms with van der Waals surface area (Å²) < 4.78 is 0. The molecular weight excluding hydrogens is 352 g/mol. The Bertz CT molecular complexity index is 937. The van der Waals surface area contributed by atoms with Crippen LogP contribution in [0, 0.1) is 6.92 Å². The van der Waals surface area contributed by atoms with E-state index in [-0.39, 0.29) is 5.91 Å². The van der Waals surface area contributed by atoms with Crippen LogP contribution in [0.1, 0.15) is 15.9 Å². The fourth-order valence-corrected chi connectivity index (χ4v) is 3.24. The lowest BCUT2D eigenvalue weighted by Gasteiger charge is -2.35. The third kappa shape index (κ3) is 4.09. The van der Waals surface area contributed by atoms with Crippen LogP contribution in [0.15, 0.2) is 60.9 Å². The average Bonchev–Trinajstić information content (AvgIpc) is 2.75. The number of aromatic nitrogens is 3. The minimum absolute atomic E-state index is 0.0892. The highest BCUT2D eigenvalue weighted by Crippen LogP contribution is 2.18. The molecule has 1 amide bonds. The summed E-state index contributed by atoms with van der Waals surface area (Å²) in [5.74, 6) is 1.59. The number of hydrogen-bond acceptors (Lipinski definition) is 6. The van der Waals surface area contributed by atoms with Gasteiger partial charge in [-0.25, -0.2) is 0 Å². The molecule has 0 saturated carbocycles. The minimum Gasteiger partial charge on any atom is -0.352 e. The van der Waals surface area contributed by atoms with E-state index in [0.29, 0.717) is 18.9 Å². The molecule has 1 aliphatic rings. The van der Waals surface area contributed by atoms with Crippen LogP contribution < -0.4 is 10.2 Å². The molecule has 1 aromatic carbocycles. The Morgan fingerprint density at radius 3 is 2.43 bits per heavy atom. The van der Waals surface area contributed by atoms with Gasteiger partial charge in [0.15, 0.2) is 11.6 Å². The number of piperazine rings is 1. The summed E-state index contributed by atoms with van der Waals surface area (Å²) in [6.45, 7) is 4.82. The molecule has 0 radical (unpaired) electrons. The Morgan fingerprint density at radius 1 is 0.964 bits per heavy atom. The molecular formula is C21H22N6O. The van der Waals surface area contributed by atoms with Crippen LogP contribution in [0.5, 0.6) is 0 Å². The van der Waals surface area contributed by atoms with Crippen molar-refractivity contribution in [2.75, 3.05) is 36.4 Å². The molecule has 0 atom stereocenters. The Labute approximate surface area is 164 Å². The van der Waals surface area contributed by atoms with Gasteiger partial charge in [0.05, 0.1) is 0 Å². The highest BCUT2D eigenvalue weighted by molar-refractivity contribution is 5.94. The van der Waals surface area contributed by atoms with Gasteiger partial charge in [0.25, 0.3) is 5.91 Å². The van der Waals surface area contributed by atoms with E-state index in [1.165, 1.54) is 0 Å². The minimum atomic E-state index is 0.0892. The van der Waals surface area contributed by atoms with Gasteiger partial charge in [0.1, 0.15) is 0 Å². The zero-order valence-electron chi connectivity index (χ0n) is 15.7. The second-order valence-electron chi connectivity index (χ2n) is 6.79. The lowest BCUT2D eigenvalue weighted by molar-refractivity contribution is 0.0746. The molecule has 7 nitrogen and oxygen atoms in total. The maximum Gasteiger partial charge on any atom is 0.253 e. The van der Waals surface area contributed by atoms with Crippen molar-refractivity contribution in [3.63, 3.8) is 0 Å². The number of benzene rings is 1. The van der Waals surface area contributed by atoms with E-state index in [1.807, 2.05) is 60.4 Å². The molecule has 0 aliphatic carbocycles. The van der Waals surface area contributed by atoms with Gasteiger partial charge in [-0.05, 0) is 43.3 Å². The quantitative estimate of drug-likeness (QED) is 0.757. The number of rotatable bonds is 4. The van der Waals surface area contributed by atoms with Crippen molar-refractivity contribution in [3.8, 4) is 0 Å². The number of carbonyl (C=O) groups is 1. The molecule has 1 aliphatic heterocycles. The number of anilines is 3. The van der Waals surface area contributed by atoms with Crippen LogP contribution in [-0.2, 0) is 0 Å². The third-order valence-corrected chi connectivity index (χ3v) is 4.76. The van der Waals surface area contributed by atoms with E-state index < -0.39 is 0 Å². The number of pyridine rings is 1. The molecule has 142 valence electrons. The highest BCUT2D eigenvalue weighted by atomic mass is 16.2. The lowest BCUT2D eigenvalue weighted by Crippen LogP contribution is -2.49. The molecule has 1 N–H and O–H groups in total. The second-order valence-corrected chi connectivity index (χ2v) is 6.79. The fourth-order valence-electron chi connectivity index (χ4n) is 3.24. The van der Waals surface area contributed by atoms with E-state index >= 15 is 0 Å². The van der Waals surface area contributed by atoms with Crippen LogP contribution in [0.3, 0.4) is 0 Å². The first-order chi connectivity index (χ1) is 13.7. The molecule has 28 heavy (non-hydrogen) atoms. The van der Waals surface area contributed by atoms with E-state index in [1.54, 1.807) is 12.4 Å². The molecule has 0 bridgehead atoms. The van der Waals surface area contributed by atoms with Crippen LogP contribution in [0.2, 0.25) is 0 Å². The van der Waals surface area contributed by atoms with Gasteiger partial charge in [-0.15, -0.1) is 10.2 Å². The highest BCUT2D eigenvalue weighted by Gasteiger charge is 2.23. The van der Waals surface area contributed by atoms with Gasteiger partial charge in [-0.1, -0.05) is 17.7 Å². The number of nitrogens with zero attached hydrogens (tertiary/aromatic N) is 5. The van der Waals surface area contributed by atoms with Crippen molar-refractivity contribution in [2.45, 2.75) is 6.92 Å². The summed E-state index contributed by atoms with van der Waals surface area (Å²) in [4.78, 5) is 20.7. The second kappa shape index (κ2) is 8.04. The summed E-state index contributed by atoms with van der Waals surface area (Å²) in [6, 6.07) is 15.4. The van der Waals surface area contributed by atoms with E-state index in [0.717, 1.165) is 35.7 Å². The number of nitrogens with one attached hydrogen (secondary N) is 1. The predicted octanol–water partition coefficient (Wildman–Crippen LogP) is 2.89. The number of hydrogen-bond donors (Lipinski definition) is 1. The van der Waals surface area contributed by atoms with Gasteiger partial charge in [-0.2, -0.15) is 0 Å². The van der Waals surface area contributed by atoms with Crippen LogP contribution in [0.25, 0.3) is 0 Å². The summed E-state index contributed by atoms with van der Waals surface area (Å²) in [7, 11) is 0. The van der Waals surface area contributed by atoms with Crippen LogP contribution >= 0.6 is 0 Å². The monoisotopic (exact) mass is 374 g/mol. The summed E-state index contributed by atoms with van der Waals surface area (Å²) in [6.07, 6.45) is 3.45. The normalized spacial score (nSPS) is 14.0. The largest absolute Gasteiger partial charge is 0.352 e. The van der Waals surface area contributed by atoms with E-state index in [4.69, 9.17) is 0 Å². The molecule has 7 heteroatoms. The fraction of sp³-hybridized carbons (Fsp3) is 0.238. The first-order valence-corrected chi connectivity index (χ1v) is 9.31. The van der Waals surface area contributed by atoms with Gasteiger partial charge in [0, 0.05) is 49.8 Å². The van der Waals surface area contributed by atoms with Gasteiger partial charge < -0.3 is 15.1 Å². The molecule has 0 unspecified atom stereocenters. The maximum absolute atomic E-state index is 12.7. The zero-order chi connectivity index (χ0) is 19.3. The Morgan fingerprint density at radius 2 is 1.75 bits per heavy atom. The number of amides is 1. The molecule has 2 aromatic heterocycles. The van der Waals surface area contributed by atoms with Crippen molar-refractivity contribution >= 4 is 23.2 Å². The Kier molecular flexibility index (Phi) is 5.14. The van der Waals surface area contributed by atoms with E-state index in [2.05, 4.69) is 25.4 Å². The van der Waals surface area contributed by atoms with Crippen molar-refractivity contribution < 1.29 is 4.79 Å². The number of carbonyl (C=O) groups excluding carboxylic acids is 1. The topological polar surface area (TPSA) is 74.2 Å². The van der Waals surface area contributed by atoms with Gasteiger partial charge >= 0.3 is 0 Å². The average molecular weight is 374 g/mol. The van der Waals surface area contributed by atoms with Crippen molar-refractivity contribution in [1.82, 2.24) is 20.1 Å². The predicted molar refractivity (Wildman–Crippen MR) is 109 cm³/mol. The van der Waals surface area contributed by atoms with Crippen molar-refractivity contribution in [2.24, 2.45) is 0 Å². The van der Waals surface area contributed by atoms with Gasteiger partial charge in [-0.3, -0.25) is 9.78 Å². The zero-order valence-corrected chi connectivity index (χ0v) is 15.7. The molecule has 0 spiro atoms. The SMILES string of the molecule is Cc1cccc(C(=O)N2CCN(c3ccc(Nc4ccncc4)nn3)CC2)c1. The molecule has 1 fully saturated rings. The van der Waals surface area contributed by atoms with Crippen molar-refractivity contribution in [3.05, 3.63) is 72.1 Å². The standard InChI is InChI=1S/C21H22N6O/c1-16-3-2-4-17(15-16)21(28)27-13-11-26(12-14-27)20-6-5-19(24-25-20)23-18-7-9-22-10-8-18/h2-10,15H,11-14H2,1H3,(H,22,23,24). The van der Waals surface area contributed by atoms with Crippen LogP contribution in [-0.4, -0.2) is 52.2 Å². The summed E-state index contributed by atoms with van der Waals surface area (Å²) >= 11 is 0. The summed E-state index contributed by atoms with van der Waals surface area (Å²) in [5, 5.41) is 11.8. The Hall–Kier alpha value is -3.48. The smallest absolute Gasteiger partial charge is 0.253 e. The van der Waals surface area contributed by atoms with Gasteiger partial charge in [0.2, 0.25) is 0 Å². The number of aryl methyl sites for hydroxylation is 1. The first-order valence-electron chi connectivity index (χ1n) is 9.31. The third-order valence-electron chi connectivity index (χ3n) is 4.76. The molecule has 3 heterocycles. The molecule has 3 aromatic rings. The summed E-state index contributed by atoms with van der Waals surface area (Å²) in [5.41, 5.74) is 2.76. The molecule has 1 saturated heterocycles. The Balaban J connectivity index is 1.35. The van der Waals surface area contributed by atoms with E-state index in [9.17, 15) is 4.79 Å². The maximum atomic E-state index is 12.7.